The number of Topliss-reactive ketones (excluding diaryl/α,β-unsaturated/α-hetero) is 1. The van der Waals surface area contributed by atoms with Gasteiger partial charge in [0.25, 0.3) is 0 Å². The van der Waals surface area contributed by atoms with Crippen LogP contribution in [0.2, 0.25) is 0 Å². The second-order valence-electron chi connectivity index (χ2n) is 3.81. The lowest BCUT2D eigenvalue weighted by Gasteiger charge is -2.17. The molecule has 0 radical (unpaired) electrons. The molecule has 74 valence electrons. The SMILES string of the molecule is COc1cc2c(cc1C)CCC(=O)C2. The minimum Gasteiger partial charge on any atom is -0.496 e. The lowest BCUT2D eigenvalue weighted by molar-refractivity contribution is -0.118. The number of fused-ring (bicyclic) bond motifs is 1. The van der Waals surface area contributed by atoms with Crippen LogP contribution in [-0.4, -0.2) is 12.9 Å². The van der Waals surface area contributed by atoms with E-state index in [1.54, 1.807) is 7.11 Å². The van der Waals surface area contributed by atoms with Crippen LogP contribution in [0.3, 0.4) is 0 Å². The zero-order chi connectivity index (χ0) is 10.1. The Kier molecular flexibility index (Phi) is 2.28. The molecule has 2 rings (SSSR count). The van der Waals surface area contributed by atoms with E-state index in [2.05, 4.69) is 6.07 Å². The van der Waals surface area contributed by atoms with Gasteiger partial charge in [-0.1, -0.05) is 6.07 Å². The molecule has 14 heavy (non-hydrogen) atoms. The van der Waals surface area contributed by atoms with Gasteiger partial charge in [-0.15, -0.1) is 0 Å². The number of carbonyl (C=O) groups excluding carboxylic acids is 1. The van der Waals surface area contributed by atoms with Gasteiger partial charge in [-0.05, 0) is 36.1 Å². The molecule has 0 amide bonds. The minimum absolute atomic E-state index is 0.336. The van der Waals surface area contributed by atoms with E-state index in [1.165, 1.54) is 5.56 Å². The van der Waals surface area contributed by atoms with E-state index in [4.69, 9.17) is 4.74 Å². The summed E-state index contributed by atoms with van der Waals surface area (Å²) in [5.41, 5.74) is 3.60. The lowest BCUT2D eigenvalue weighted by atomic mass is 9.89. The number of rotatable bonds is 1. The van der Waals surface area contributed by atoms with Crippen LogP contribution in [0.15, 0.2) is 12.1 Å². The Balaban J connectivity index is 2.46. The molecule has 0 N–H and O–H groups in total. The fourth-order valence-electron chi connectivity index (χ4n) is 1.98. The van der Waals surface area contributed by atoms with Crippen LogP contribution in [0.1, 0.15) is 23.1 Å². The van der Waals surface area contributed by atoms with Crippen molar-refractivity contribution in [1.29, 1.82) is 0 Å². The second kappa shape index (κ2) is 3.45. The predicted octanol–water partition coefficient (Wildman–Crippen LogP) is 2.06. The standard InChI is InChI=1S/C12H14O2/c1-8-5-9-3-4-11(13)6-10(9)7-12(8)14-2/h5,7H,3-4,6H2,1-2H3. The van der Waals surface area contributed by atoms with E-state index < -0.39 is 0 Å². The summed E-state index contributed by atoms with van der Waals surface area (Å²) in [4.78, 5) is 11.3. The van der Waals surface area contributed by atoms with Crippen molar-refractivity contribution in [2.75, 3.05) is 7.11 Å². The van der Waals surface area contributed by atoms with E-state index in [0.717, 1.165) is 23.3 Å². The molecule has 0 fully saturated rings. The Morgan fingerprint density at radius 1 is 1.21 bits per heavy atom. The Hall–Kier alpha value is -1.31. The third-order valence-corrected chi connectivity index (χ3v) is 2.78. The fourth-order valence-corrected chi connectivity index (χ4v) is 1.98. The summed E-state index contributed by atoms with van der Waals surface area (Å²) in [5, 5.41) is 0. The van der Waals surface area contributed by atoms with Crippen LogP contribution in [0.4, 0.5) is 0 Å². The Morgan fingerprint density at radius 3 is 2.71 bits per heavy atom. The van der Waals surface area contributed by atoms with Gasteiger partial charge in [0.05, 0.1) is 7.11 Å². The highest BCUT2D eigenvalue weighted by molar-refractivity contribution is 5.83. The maximum Gasteiger partial charge on any atom is 0.137 e. The van der Waals surface area contributed by atoms with Crippen LogP contribution in [-0.2, 0) is 17.6 Å². The van der Waals surface area contributed by atoms with Crippen molar-refractivity contribution < 1.29 is 9.53 Å². The van der Waals surface area contributed by atoms with Crippen molar-refractivity contribution in [3.05, 3.63) is 28.8 Å². The largest absolute Gasteiger partial charge is 0.496 e. The van der Waals surface area contributed by atoms with Gasteiger partial charge in [0.2, 0.25) is 0 Å². The van der Waals surface area contributed by atoms with Gasteiger partial charge in [0.1, 0.15) is 11.5 Å². The Bertz CT molecular complexity index is 380. The van der Waals surface area contributed by atoms with E-state index in [1.807, 2.05) is 13.0 Å². The molecule has 0 unspecified atom stereocenters. The molecule has 0 heterocycles. The summed E-state index contributed by atoms with van der Waals surface area (Å²) in [6.07, 6.45) is 2.16. The van der Waals surface area contributed by atoms with Crippen molar-refractivity contribution in [3.63, 3.8) is 0 Å². The molecule has 0 atom stereocenters. The van der Waals surface area contributed by atoms with Crippen molar-refractivity contribution in [3.8, 4) is 5.75 Å². The third kappa shape index (κ3) is 1.52. The normalized spacial score (nSPS) is 15.1. The number of hydrogen-bond acceptors (Lipinski definition) is 2. The highest BCUT2D eigenvalue weighted by Gasteiger charge is 2.16. The molecule has 0 saturated heterocycles. The average Bonchev–Trinajstić information content (AvgIpc) is 2.17. The minimum atomic E-state index is 0.336. The highest BCUT2D eigenvalue weighted by Crippen LogP contribution is 2.27. The first-order chi connectivity index (χ1) is 6.70. The van der Waals surface area contributed by atoms with Crippen molar-refractivity contribution in [2.45, 2.75) is 26.2 Å². The maximum absolute atomic E-state index is 11.3. The van der Waals surface area contributed by atoms with Gasteiger partial charge in [0.15, 0.2) is 0 Å². The van der Waals surface area contributed by atoms with Gasteiger partial charge >= 0.3 is 0 Å². The van der Waals surface area contributed by atoms with Crippen LogP contribution in [0, 0.1) is 6.92 Å². The molecular weight excluding hydrogens is 176 g/mol. The Morgan fingerprint density at radius 2 is 2.00 bits per heavy atom. The van der Waals surface area contributed by atoms with Gasteiger partial charge < -0.3 is 4.74 Å². The molecule has 1 aliphatic carbocycles. The zero-order valence-electron chi connectivity index (χ0n) is 8.59. The number of ketones is 1. The topological polar surface area (TPSA) is 26.3 Å². The van der Waals surface area contributed by atoms with Crippen molar-refractivity contribution >= 4 is 5.78 Å². The third-order valence-electron chi connectivity index (χ3n) is 2.78. The molecule has 0 saturated carbocycles. The molecule has 0 bridgehead atoms. The van der Waals surface area contributed by atoms with E-state index in [9.17, 15) is 4.79 Å². The first-order valence-electron chi connectivity index (χ1n) is 4.89. The summed E-state index contributed by atoms with van der Waals surface area (Å²) in [6, 6.07) is 4.14. The maximum atomic E-state index is 11.3. The number of benzene rings is 1. The monoisotopic (exact) mass is 190 g/mol. The van der Waals surface area contributed by atoms with Gasteiger partial charge in [-0.3, -0.25) is 4.79 Å². The molecule has 0 aromatic heterocycles. The predicted molar refractivity (Wildman–Crippen MR) is 54.8 cm³/mol. The molecule has 2 heteroatoms. The van der Waals surface area contributed by atoms with E-state index >= 15 is 0 Å². The first kappa shape index (κ1) is 9.25. The van der Waals surface area contributed by atoms with Crippen molar-refractivity contribution in [1.82, 2.24) is 0 Å². The number of methoxy groups -OCH3 is 1. The lowest BCUT2D eigenvalue weighted by Crippen LogP contribution is -2.13. The zero-order valence-corrected chi connectivity index (χ0v) is 8.59. The molecule has 1 aromatic carbocycles. The van der Waals surface area contributed by atoms with Crippen LogP contribution in [0.25, 0.3) is 0 Å². The summed E-state index contributed by atoms with van der Waals surface area (Å²) in [6.45, 7) is 2.04. The number of carbonyl (C=O) groups is 1. The quantitative estimate of drug-likeness (QED) is 0.677. The summed E-state index contributed by atoms with van der Waals surface area (Å²) in [5.74, 6) is 1.22. The first-order valence-corrected chi connectivity index (χ1v) is 4.89. The van der Waals surface area contributed by atoms with Crippen LogP contribution >= 0.6 is 0 Å². The number of ether oxygens (including phenoxy) is 1. The van der Waals surface area contributed by atoms with Crippen molar-refractivity contribution in [2.24, 2.45) is 0 Å². The average molecular weight is 190 g/mol. The molecule has 1 aliphatic rings. The van der Waals surface area contributed by atoms with Gasteiger partial charge in [0, 0.05) is 12.8 Å². The fraction of sp³-hybridized carbons (Fsp3) is 0.417. The molecule has 0 spiro atoms. The summed E-state index contributed by atoms with van der Waals surface area (Å²) in [7, 11) is 1.67. The van der Waals surface area contributed by atoms with Gasteiger partial charge in [-0.25, -0.2) is 0 Å². The van der Waals surface area contributed by atoms with Crippen LogP contribution in [0.5, 0.6) is 5.75 Å². The van der Waals surface area contributed by atoms with E-state index in [0.29, 0.717) is 18.6 Å². The smallest absolute Gasteiger partial charge is 0.137 e. The second-order valence-corrected chi connectivity index (χ2v) is 3.81. The van der Waals surface area contributed by atoms with E-state index in [-0.39, 0.29) is 0 Å². The van der Waals surface area contributed by atoms with Gasteiger partial charge in [-0.2, -0.15) is 0 Å². The van der Waals surface area contributed by atoms with Crippen LogP contribution < -0.4 is 4.74 Å². The molecular formula is C12H14O2. The molecule has 1 aromatic rings. The Labute approximate surface area is 83.9 Å². The molecule has 2 nitrogen and oxygen atoms in total. The summed E-state index contributed by atoms with van der Waals surface area (Å²) >= 11 is 0. The molecule has 0 aliphatic heterocycles. The number of aryl methyl sites for hydroxylation is 2. The highest BCUT2D eigenvalue weighted by atomic mass is 16.5. The number of hydrogen-bond donors (Lipinski definition) is 0. The summed E-state index contributed by atoms with van der Waals surface area (Å²) < 4.78 is 5.23.